The maximum Gasteiger partial charge on any atom is 0.222 e. The second-order valence-electron chi connectivity index (χ2n) is 6.43. The summed E-state index contributed by atoms with van der Waals surface area (Å²) in [7, 11) is 0. The number of hydrogen-bond donors (Lipinski definition) is 2. The lowest BCUT2D eigenvalue weighted by atomic mass is 9.95. The Hall–Kier alpha value is -0.320. The number of likely N-dealkylation sites (tertiary alicyclic amines) is 1. The van der Waals surface area contributed by atoms with Crippen molar-refractivity contribution in [2.75, 3.05) is 32.7 Å². The lowest BCUT2D eigenvalue weighted by Gasteiger charge is -2.35. The van der Waals surface area contributed by atoms with E-state index in [1.807, 2.05) is 13.8 Å². The van der Waals surface area contributed by atoms with Gasteiger partial charge in [-0.1, -0.05) is 13.8 Å². The fourth-order valence-corrected chi connectivity index (χ4v) is 3.06. The first-order valence-corrected chi connectivity index (χ1v) is 7.88. The number of piperidine rings is 2. The molecule has 118 valence electrons. The van der Waals surface area contributed by atoms with E-state index >= 15 is 0 Å². The van der Waals surface area contributed by atoms with Crippen LogP contribution in [0.2, 0.25) is 0 Å². The van der Waals surface area contributed by atoms with E-state index in [0.717, 1.165) is 31.8 Å². The summed E-state index contributed by atoms with van der Waals surface area (Å²) < 4.78 is 0. The van der Waals surface area contributed by atoms with E-state index in [0.29, 0.717) is 6.04 Å². The molecule has 0 saturated carbocycles. The van der Waals surface area contributed by atoms with Crippen LogP contribution >= 0.6 is 12.4 Å². The summed E-state index contributed by atoms with van der Waals surface area (Å²) in [6.07, 6.45) is 4.88. The monoisotopic (exact) mass is 303 g/mol. The Labute approximate surface area is 129 Å². The van der Waals surface area contributed by atoms with Crippen molar-refractivity contribution >= 4 is 18.3 Å². The van der Waals surface area contributed by atoms with Crippen LogP contribution in [0.5, 0.6) is 0 Å². The molecule has 2 heterocycles. The van der Waals surface area contributed by atoms with Gasteiger partial charge < -0.3 is 15.5 Å². The van der Waals surface area contributed by atoms with Gasteiger partial charge in [0.1, 0.15) is 0 Å². The van der Waals surface area contributed by atoms with Crippen LogP contribution in [0, 0.1) is 11.8 Å². The van der Waals surface area contributed by atoms with Crippen LogP contribution in [0.25, 0.3) is 0 Å². The van der Waals surface area contributed by atoms with Crippen LogP contribution in [0.3, 0.4) is 0 Å². The molecule has 1 amide bonds. The summed E-state index contributed by atoms with van der Waals surface area (Å²) in [5.41, 5.74) is 0. The molecule has 0 aliphatic carbocycles. The number of amides is 1. The minimum absolute atomic E-state index is 0. The fraction of sp³-hybridized carbons (Fsp3) is 0.933. The van der Waals surface area contributed by atoms with Crippen molar-refractivity contribution in [3.8, 4) is 0 Å². The van der Waals surface area contributed by atoms with Crippen molar-refractivity contribution in [1.29, 1.82) is 0 Å². The van der Waals surface area contributed by atoms with Crippen molar-refractivity contribution in [2.24, 2.45) is 11.8 Å². The van der Waals surface area contributed by atoms with Crippen LogP contribution in [-0.4, -0.2) is 49.6 Å². The van der Waals surface area contributed by atoms with Crippen molar-refractivity contribution in [3.63, 3.8) is 0 Å². The third-order valence-corrected chi connectivity index (χ3v) is 4.43. The highest BCUT2D eigenvalue weighted by Gasteiger charge is 2.23. The van der Waals surface area contributed by atoms with Gasteiger partial charge in [-0.15, -0.1) is 12.4 Å². The van der Waals surface area contributed by atoms with Gasteiger partial charge in [0.15, 0.2) is 0 Å². The molecule has 2 saturated heterocycles. The van der Waals surface area contributed by atoms with Crippen molar-refractivity contribution < 1.29 is 4.79 Å². The first kappa shape index (κ1) is 17.7. The third kappa shape index (κ3) is 5.58. The molecule has 4 nitrogen and oxygen atoms in total. The SMILES string of the molecule is CC(C)C(=O)NC1CCN(CC2CCNCC2)CC1.Cl. The quantitative estimate of drug-likeness (QED) is 0.830. The molecule has 0 radical (unpaired) electrons. The molecule has 0 aromatic rings. The predicted molar refractivity (Wildman–Crippen MR) is 85.3 cm³/mol. The van der Waals surface area contributed by atoms with Crippen LogP contribution < -0.4 is 10.6 Å². The largest absolute Gasteiger partial charge is 0.353 e. The van der Waals surface area contributed by atoms with Gasteiger partial charge in [-0.3, -0.25) is 4.79 Å². The van der Waals surface area contributed by atoms with Gasteiger partial charge in [0, 0.05) is 31.6 Å². The van der Waals surface area contributed by atoms with Gasteiger partial charge in [-0.05, 0) is 44.7 Å². The zero-order valence-corrected chi connectivity index (χ0v) is 13.7. The Kier molecular flexibility index (Phi) is 7.85. The zero-order valence-electron chi connectivity index (χ0n) is 12.9. The van der Waals surface area contributed by atoms with Gasteiger partial charge in [-0.25, -0.2) is 0 Å². The molecule has 0 spiro atoms. The molecule has 5 heteroatoms. The van der Waals surface area contributed by atoms with Crippen LogP contribution in [0.4, 0.5) is 0 Å². The van der Waals surface area contributed by atoms with E-state index in [1.165, 1.54) is 32.5 Å². The Morgan fingerprint density at radius 1 is 1.20 bits per heavy atom. The fourth-order valence-electron chi connectivity index (χ4n) is 3.06. The minimum atomic E-state index is 0. The van der Waals surface area contributed by atoms with E-state index in [9.17, 15) is 4.79 Å². The Bertz CT molecular complexity index is 285. The maximum absolute atomic E-state index is 11.7. The van der Waals surface area contributed by atoms with Gasteiger partial charge >= 0.3 is 0 Å². The molecular formula is C15H30ClN3O. The van der Waals surface area contributed by atoms with E-state index < -0.39 is 0 Å². The van der Waals surface area contributed by atoms with E-state index in [1.54, 1.807) is 0 Å². The highest BCUT2D eigenvalue weighted by Crippen LogP contribution is 2.17. The number of hydrogen-bond acceptors (Lipinski definition) is 3. The third-order valence-electron chi connectivity index (χ3n) is 4.43. The number of rotatable bonds is 4. The number of halogens is 1. The summed E-state index contributed by atoms with van der Waals surface area (Å²) >= 11 is 0. The lowest BCUT2D eigenvalue weighted by molar-refractivity contribution is -0.125. The molecule has 0 aromatic carbocycles. The molecule has 0 atom stereocenters. The number of nitrogens with zero attached hydrogens (tertiary/aromatic N) is 1. The molecular weight excluding hydrogens is 274 g/mol. The van der Waals surface area contributed by atoms with Crippen LogP contribution in [0.15, 0.2) is 0 Å². The summed E-state index contributed by atoms with van der Waals surface area (Å²) in [5.74, 6) is 1.19. The summed E-state index contributed by atoms with van der Waals surface area (Å²) in [4.78, 5) is 14.3. The van der Waals surface area contributed by atoms with E-state index in [-0.39, 0.29) is 24.2 Å². The molecule has 0 unspecified atom stereocenters. The molecule has 2 fully saturated rings. The Balaban J connectivity index is 0.00000200. The van der Waals surface area contributed by atoms with Gasteiger partial charge in [-0.2, -0.15) is 0 Å². The van der Waals surface area contributed by atoms with Crippen LogP contribution in [-0.2, 0) is 4.79 Å². The normalized spacial score (nSPS) is 22.6. The standard InChI is InChI=1S/C15H29N3O.ClH/c1-12(2)15(19)17-14-5-9-18(10-6-14)11-13-3-7-16-8-4-13;/h12-14,16H,3-11H2,1-2H3,(H,17,19);1H. The average molecular weight is 304 g/mol. The molecule has 2 aliphatic rings. The second-order valence-corrected chi connectivity index (χ2v) is 6.43. The lowest BCUT2D eigenvalue weighted by Crippen LogP contribution is -2.47. The minimum Gasteiger partial charge on any atom is -0.353 e. The van der Waals surface area contributed by atoms with E-state index in [2.05, 4.69) is 15.5 Å². The molecule has 2 aliphatic heterocycles. The number of nitrogens with one attached hydrogen (secondary N) is 2. The molecule has 20 heavy (non-hydrogen) atoms. The number of carbonyl (C=O) groups is 1. The summed E-state index contributed by atoms with van der Waals surface area (Å²) in [6, 6.07) is 0.402. The highest BCUT2D eigenvalue weighted by atomic mass is 35.5. The second kappa shape index (κ2) is 8.85. The smallest absolute Gasteiger partial charge is 0.222 e. The van der Waals surface area contributed by atoms with Gasteiger partial charge in [0.05, 0.1) is 0 Å². The molecule has 2 rings (SSSR count). The number of carbonyl (C=O) groups excluding carboxylic acids is 1. The average Bonchev–Trinajstić information content (AvgIpc) is 2.42. The first-order valence-electron chi connectivity index (χ1n) is 7.88. The maximum atomic E-state index is 11.7. The summed E-state index contributed by atoms with van der Waals surface area (Å²) in [5, 5.41) is 6.59. The van der Waals surface area contributed by atoms with Crippen molar-refractivity contribution in [3.05, 3.63) is 0 Å². The van der Waals surface area contributed by atoms with Gasteiger partial charge in [0.25, 0.3) is 0 Å². The van der Waals surface area contributed by atoms with Crippen molar-refractivity contribution in [1.82, 2.24) is 15.5 Å². The Morgan fingerprint density at radius 3 is 2.35 bits per heavy atom. The Morgan fingerprint density at radius 2 is 1.80 bits per heavy atom. The highest BCUT2D eigenvalue weighted by molar-refractivity contribution is 5.85. The predicted octanol–water partition coefficient (Wildman–Crippen LogP) is 1.64. The van der Waals surface area contributed by atoms with Crippen LogP contribution in [0.1, 0.15) is 39.5 Å². The molecule has 0 bridgehead atoms. The topological polar surface area (TPSA) is 44.4 Å². The van der Waals surface area contributed by atoms with Gasteiger partial charge in [0.2, 0.25) is 5.91 Å². The molecule has 0 aromatic heterocycles. The molecule has 2 N–H and O–H groups in total. The summed E-state index contributed by atoms with van der Waals surface area (Å²) in [6.45, 7) is 9.84. The zero-order chi connectivity index (χ0) is 13.7. The first-order chi connectivity index (χ1) is 9.15. The van der Waals surface area contributed by atoms with E-state index in [4.69, 9.17) is 0 Å². The van der Waals surface area contributed by atoms with Crippen molar-refractivity contribution in [2.45, 2.75) is 45.6 Å².